The lowest BCUT2D eigenvalue weighted by Gasteiger charge is -2.21. The van der Waals surface area contributed by atoms with Crippen LogP contribution in [0.3, 0.4) is 0 Å². The van der Waals surface area contributed by atoms with Gasteiger partial charge in [-0.3, -0.25) is 37.3 Å². The lowest BCUT2D eigenvalue weighted by molar-refractivity contribution is -0.161. The number of aliphatic hydroxyl groups excluding tert-OH is 1. The van der Waals surface area contributed by atoms with Crippen LogP contribution in [-0.4, -0.2) is 96.7 Å². The first kappa shape index (κ1) is 87.1. The van der Waals surface area contributed by atoms with Gasteiger partial charge in [-0.1, -0.05) is 293 Å². The number of aliphatic hydroxyl groups is 1. The SMILES string of the molecule is CCC(C)CCCCCCCCCCC(=O)O[C@H](COC(=O)CCCCCCCCCCCCCCCCC(C)C)COP(=O)(O)OCC(O)COP(=O)(O)OC[C@@H](COC(=O)CCCCCCCCCCC(C)C)OC(=O)CCCCCCCCC(C)C. The largest absolute Gasteiger partial charge is 0.472 e. The van der Waals surface area contributed by atoms with Gasteiger partial charge in [0.05, 0.1) is 26.4 Å². The number of phosphoric ester groups is 2. The van der Waals surface area contributed by atoms with Crippen molar-refractivity contribution in [1.29, 1.82) is 0 Å². The molecule has 17 nitrogen and oxygen atoms in total. The molecule has 0 aromatic heterocycles. The van der Waals surface area contributed by atoms with Crippen LogP contribution in [0.25, 0.3) is 0 Å². The van der Waals surface area contributed by atoms with Crippen LogP contribution in [0.2, 0.25) is 0 Å². The minimum absolute atomic E-state index is 0.101. The van der Waals surface area contributed by atoms with Crippen LogP contribution in [0.1, 0.15) is 344 Å². The van der Waals surface area contributed by atoms with Crippen LogP contribution in [0, 0.1) is 23.7 Å². The van der Waals surface area contributed by atoms with Gasteiger partial charge in [0.15, 0.2) is 12.2 Å². The molecular formula is C70H136O17P2. The van der Waals surface area contributed by atoms with Gasteiger partial charge in [-0.25, -0.2) is 9.13 Å². The monoisotopic (exact) mass is 1310 g/mol. The lowest BCUT2D eigenvalue weighted by Crippen LogP contribution is -2.30. The first-order valence-corrected chi connectivity index (χ1v) is 39.2. The van der Waals surface area contributed by atoms with E-state index >= 15 is 0 Å². The summed E-state index contributed by atoms with van der Waals surface area (Å²) in [4.78, 5) is 72.5. The minimum atomic E-state index is -4.95. The van der Waals surface area contributed by atoms with E-state index < -0.39 is 97.5 Å². The summed E-state index contributed by atoms with van der Waals surface area (Å²) in [5.74, 6) is 0.829. The second-order valence-corrected chi connectivity index (χ2v) is 29.8. The predicted octanol–water partition coefficient (Wildman–Crippen LogP) is 19.7. The van der Waals surface area contributed by atoms with Gasteiger partial charge in [0.2, 0.25) is 0 Å². The van der Waals surface area contributed by atoms with Gasteiger partial charge < -0.3 is 33.8 Å². The van der Waals surface area contributed by atoms with Crippen molar-refractivity contribution in [3.05, 3.63) is 0 Å². The van der Waals surface area contributed by atoms with Crippen molar-refractivity contribution >= 4 is 39.5 Å². The zero-order chi connectivity index (χ0) is 66.1. The van der Waals surface area contributed by atoms with Crippen LogP contribution in [0.5, 0.6) is 0 Å². The van der Waals surface area contributed by atoms with Crippen LogP contribution >= 0.6 is 15.6 Å². The van der Waals surface area contributed by atoms with Gasteiger partial charge in [-0.05, 0) is 49.4 Å². The molecule has 0 spiro atoms. The summed E-state index contributed by atoms with van der Waals surface area (Å²) in [6.07, 6.45) is 41.9. The summed E-state index contributed by atoms with van der Waals surface area (Å²) in [7, 11) is -9.90. The van der Waals surface area contributed by atoms with E-state index in [-0.39, 0.29) is 25.7 Å². The summed E-state index contributed by atoms with van der Waals surface area (Å²) in [6.45, 7) is 14.0. The Bertz CT molecular complexity index is 1770. The van der Waals surface area contributed by atoms with E-state index in [1.807, 2.05) is 0 Å². The fraction of sp³-hybridized carbons (Fsp3) is 0.943. The minimum Gasteiger partial charge on any atom is -0.462 e. The van der Waals surface area contributed by atoms with E-state index in [1.54, 1.807) is 0 Å². The number of hydrogen-bond acceptors (Lipinski definition) is 15. The quantitative estimate of drug-likeness (QED) is 0.0222. The number of hydrogen-bond donors (Lipinski definition) is 3. The zero-order valence-corrected chi connectivity index (χ0v) is 59.8. The number of carbonyl (C=O) groups is 4. The van der Waals surface area contributed by atoms with E-state index in [9.17, 15) is 43.2 Å². The third-order valence-electron chi connectivity index (χ3n) is 16.4. The van der Waals surface area contributed by atoms with Gasteiger partial charge in [0.25, 0.3) is 0 Å². The van der Waals surface area contributed by atoms with Crippen molar-refractivity contribution in [2.24, 2.45) is 23.7 Å². The number of carbonyl (C=O) groups excluding carboxylic acids is 4. The second kappa shape index (κ2) is 59.8. The van der Waals surface area contributed by atoms with Crippen molar-refractivity contribution in [2.45, 2.75) is 363 Å². The molecule has 0 amide bonds. The molecule has 0 aromatic rings. The van der Waals surface area contributed by atoms with Crippen molar-refractivity contribution in [3.8, 4) is 0 Å². The van der Waals surface area contributed by atoms with Crippen LogP contribution < -0.4 is 0 Å². The lowest BCUT2D eigenvalue weighted by atomic mass is 9.99. The van der Waals surface area contributed by atoms with Crippen molar-refractivity contribution in [1.82, 2.24) is 0 Å². The Balaban J connectivity index is 5.21. The smallest absolute Gasteiger partial charge is 0.462 e. The molecule has 0 aliphatic carbocycles. The molecule has 0 saturated carbocycles. The number of phosphoric acid groups is 2. The molecule has 3 N–H and O–H groups in total. The summed E-state index contributed by atoms with van der Waals surface area (Å²) >= 11 is 0. The molecule has 6 atom stereocenters. The van der Waals surface area contributed by atoms with Crippen LogP contribution in [0.4, 0.5) is 0 Å². The molecule has 0 radical (unpaired) electrons. The maximum absolute atomic E-state index is 13.0. The number of esters is 4. The van der Waals surface area contributed by atoms with Gasteiger partial charge in [0.1, 0.15) is 19.3 Å². The predicted molar refractivity (Wildman–Crippen MR) is 358 cm³/mol. The highest BCUT2D eigenvalue weighted by molar-refractivity contribution is 7.47. The van der Waals surface area contributed by atoms with E-state index in [0.29, 0.717) is 31.6 Å². The highest BCUT2D eigenvalue weighted by atomic mass is 31.2. The average molecular weight is 1310 g/mol. The van der Waals surface area contributed by atoms with E-state index in [0.717, 1.165) is 108 Å². The first-order chi connectivity index (χ1) is 42.6. The highest BCUT2D eigenvalue weighted by Gasteiger charge is 2.30. The number of unbranched alkanes of at least 4 members (excludes halogenated alkanes) is 32. The fourth-order valence-corrected chi connectivity index (χ4v) is 12.0. The molecular weight excluding hydrogens is 1170 g/mol. The molecule has 19 heteroatoms. The Morgan fingerprint density at radius 3 is 0.798 bits per heavy atom. The second-order valence-electron chi connectivity index (χ2n) is 26.9. The van der Waals surface area contributed by atoms with E-state index in [1.165, 1.54) is 148 Å². The summed E-state index contributed by atoms with van der Waals surface area (Å²) < 4.78 is 68.2. The summed E-state index contributed by atoms with van der Waals surface area (Å²) in [5, 5.41) is 10.6. The molecule has 89 heavy (non-hydrogen) atoms. The molecule has 0 aliphatic heterocycles. The topological polar surface area (TPSA) is 237 Å². The van der Waals surface area contributed by atoms with Gasteiger partial charge in [0, 0.05) is 25.7 Å². The Labute approximate surface area is 543 Å². The number of ether oxygens (including phenoxy) is 4. The zero-order valence-electron chi connectivity index (χ0n) is 58.1. The highest BCUT2D eigenvalue weighted by Crippen LogP contribution is 2.45. The van der Waals surface area contributed by atoms with Crippen molar-refractivity contribution in [2.75, 3.05) is 39.6 Å². The Kier molecular flexibility index (Phi) is 58.5. The molecule has 0 fully saturated rings. The van der Waals surface area contributed by atoms with Crippen LogP contribution in [-0.2, 0) is 65.4 Å². The molecule has 0 aliphatic rings. The fourth-order valence-electron chi connectivity index (χ4n) is 10.5. The first-order valence-electron chi connectivity index (χ1n) is 36.2. The van der Waals surface area contributed by atoms with E-state index in [4.69, 9.17) is 37.0 Å². The molecule has 4 unspecified atom stereocenters. The average Bonchev–Trinajstić information content (AvgIpc) is 3.55. The molecule has 0 saturated heterocycles. The molecule has 0 bridgehead atoms. The Morgan fingerprint density at radius 1 is 0.315 bits per heavy atom. The maximum Gasteiger partial charge on any atom is 0.472 e. The molecule has 0 heterocycles. The third kappa shape index (κ3) is 63.2. The standard InChI is InChI=1S/C70H136O17P2/c1-9-63(8)49-41-33-24-19-21-27-36-44-52-69(74)86-65(56-80-67(72)50-42-34-25-17-15-13-11-10-12-14-16-22-30-38-46-60(2)3)58-84-88(76,77)82-54-64(71)55-83-89(78,79)85-59-66(87-70(75)53-45-37-29-28-32-40-48-62(6)7)57-81-68(73)51-43-35-26-20-18-23-31-39-47-61(4)5/h60-66,71H,9-59H2,1-8H3,(H,76,77)(H,78,79)/t63?,64?,65-,66-/m1/s1. The van der Waals surface area contributed by atoms with Gasteiger partial charge >= 0.3 is 39.5 Å². The molecule has 528 valence electrons. The van der Waals surface area contributed by atoms with Crippen LogP contribution in [0.15, 0.2) is 0 Å². The maximum atomic E-state index is 13.0. The number of rotatable bonds is 67. The van der Waals surface area contributed by atoms with Gasteiger partial charge in [-0.2, -0.15) is 0 Å². The third-order valence-corrected chi connectivity index (χ3v) is 18.3. The van der Waals surface area contributed by atoms with Crippen molar-refractivity contribution < 1.29 is 80.2 Å². The summed E-state index contributed by atoms with van der Waals surface area (Å²) in [6, 6.07) is 0. The van der Waals surface area contributed by atoms with Crippen molar-refractivity contribution in [3.63, 3.8) is 0 Å². The molecule has 0 rings (SSSR count). The van der Waals surface area contributed by atoms with E-state index in [2.05, 4.69) is 55.4 Å². The Morgan fingerprint density at radius 2 is 0.539 bits per heavy atom. The normalized spacial score (nSPS) is 14.6. The summed E-state index contributed by atoms with van der Waals surface area (Å²) in [5.41, 5.74) is 0. The van der Waals surface area contributed by atoms with Gasteiger partial charge in [-0.15, -0.1) is 0 Å². The molecule has 0 aromatic carbocycles. The Hall–Kier alpha value is -1.94.